The molecule has 0 radical (unpaired) electrons. The van der Waals surface area contributed by atoms with Gasteiger partial charge in [-0.2, -0.15) is 0 Å². The second-order valence-electron chi connectivity index (χ2n) is 2.29. The normalized spacial score (nSPS) is 10.2. The van der Waals surface area contributed by atoms with Crippen molar-refractivity contribution in [1.82, 2.24) is 0 Å². The highest BCUT2D eigenvalue weighted by molar-refractivity contribution is 5.68. The summed E-state index contributed by atoms with van der Waals surface area (Å²) in [6.07, 6.45) is 8.58. The Morgan fingerprint density at radius 1 is 1.36 bits per heavy atom. The molecular formula is C9H14O2. The number of carbonyl (C=O) groups is 1. The number of unbranched alkanes of at least 4 members (excludes halogenated alkanes) is 2. The van der Waals surface area contributed by atoms with Crippen molar-refractivity contribution in [2.75, 3.05) is 0 Å². The van der Waals surface area contributed by atoms with Gasteiger partial charge in [0.15, 0.2) is 0 Å². The van der Waals surface area contributed by atoms with Crippen LogP contribution >= 0.6 is 0 Å². The summed E-state index contributed by atoms with van der Waals surface area (Å²) in [5.74, 6) is -0.773. The molecule has 0 aliphatic rings. The fraction of sp³-hybridized carbons (Fsp3) is 0.444. The molecule has 0 aliphatic heterocycles. The van der Waals surface area contributed by atoms with Gasteiger partial charge in [0.1, 0.15) is 0 Å². The summed E-state index contributed by atoms with van der Waals surface area (Å²) in [6.45, 7) is 3.59. The smallest absolute Gasteiger partial charge is 0.307 e. The Kier molecular flexibility index (Phi) is 6.39. The van der Waals surface area contributed by atoms with E-state index in [0.717, 1.165) is 19.3 Å². The maximum atomic E-state index is 10.0. The van der Waals surface area contributed by atoms with E-state index in [1.807, 2.05) is 12.2 Å². The Hall–Kier alpha value is -1.05. The van der Waals surface area contributed by atoms with Gasteiger partial charge in [0.05, 0.1) is 6.42 Å². The summed E-state index contributed by atoms with van der Waals surface area (Å²) in [5.41, 5.74) is 0. The van der Waals surface area contributed by atoms with Crippen LogP contribution in [0.2, 0.25) is 0 Å². The summed E-state index contributed by atoms with van der Waals surface area (Å²) < 4.78 is 0. The molecule has 0 saturated heterocycles. The maximum Gasteiger partial charge on any atom is 0.307 e. The lowest BCUT2D eigenvalue weighted by Crippen LogP contribution is -1.89. The lowest BCUT2D eigenvalue weighted by Gasteiger charge is -1.88. The highest BCUT2D eigenvalue weighted by Crippen LogP contribution is 1.97. The van der Waals surface area contributed by atoms with Crippen LogP contribution in [0.25, 0.3) is 0 Å². The van der Waals surface area contributed by atoms with Crippen molar-refractivity contribution in [3.8, 4) is 0 Å². The first-order valence-electron chi connectivity index (χ1n) is 3.75. The van der Waals surface area contributed by atoms with Gasteiger partial charge in [0, 0.05) is 0 Å². The number of aliphatic carboxylic acids is 1. The Morgan fingerprint density at radius 3 is 2.64 bits per heavy atom. The standard InChI is InChI=1S/C9H14O2/c1-2-3-4-5-6-7-8-9(10)11/h2,6-7H,1,3-5,8H2,(H,10,11). The lowest BCUT2D eigenvalue weighted by atomic mass is 10.2. The summed E-state index contributed by atoms with van der Waals surface area (Å²) in [4.78, 5) is 10.0. The SMILES string of the molecule is C=CCCCC=CCC(=O)O. The van der Waals surface area contributed by atoms with E-state index in [2.05, 4.69) is 6.58 Å². The molecule has 2 nitrogen and oxygen atoms in total. The molecule has 0 atom stereocenters. The van der Waals surface area contributed by atoms with Gasteiger partial charge in [0.25, 0.3) is 0 Å². The van der Waals surface area contributed by atoms with Gasteiger partial charge in [-0.3, -0.25) is 4.79 Å². The quantitative estimate of drug-likeness (QED) is 0.471. The van der Waals surface area contributed by atoms with Gasteiger partial charge in [-0.15, -0.1) is 6.58 Å². The first kappa shape index (κ1) is 9.95. The topological polar surface area (TPSA) is 37.3 Å². The molecule has 0 bridgehead atoms. The van der Waals surface area contributed by atoms with Crippen LogP contribution in [0.1, 0.15) is 25.7 Å². The van der Waals surface area contributed by atoms with Crippen LogP contribution in [0.15, 0.2) is 24.8 Å². The predicted octanol–water partition coefficient (Wildman–Crippen LogP) is 2.37. The maximum absolute atomic E-state index is 10.0. The van der Waals surface area contributed by atoms with Crippen molar-refractivity contribution in [3.63, 3.8) is 0 Å². The van der Waals surface area contributed by atoms with Crippen molar-refractivity contribution in [1.29, 1.82) is 0 Å². The van der Waals surface area contributed by atoms with Crippen LogP contribution in [0.3, 0.4) is 0 Å². The predicted molar refractivity (Wildman–Crippen MR) is 45.4 cm³/mol. The molecule has 0 aromatic heterocycles. The Bertz CT molecular complexity index is 148. The number of allylic oxidation sites excluding steroid dienone is 2. The second-order valence-corrected chi connectivity index (χ2v) is 2.29. The number of hydrogen-bond acceptors (Lipinski definition) is 1. The first-order chi connectivity index (χ1) is 5.27. The van der Waals surface area contributed by atoms with Crippen molar-refractivity contribution < 1.29 is 9.90 Å². The van der Waals surface area contributed by atoms with Crippen molar-refractivity contribution in [2.24, 2.45) is 0 Å². The molecule has 0 spiro atoms. The molecule has 0 saturated carbocycles. The first-order valence-corrected chi connectivity index (χ1v) is 3.75. The third kappa shape index (κ3) is 8.95. The van der Waals surface area contributed by atoms with Gasteiger partial charge in [0.2, 0.25) is 0 Å². The largest absolute Gasteiger partial charge is 0.481 e. The number of rotatable bonds is 6. The number of carboxylic acid groups (broad SMARTS) is 1. The zero-order valence-corrected chi connectivity index (χ0v) is 6.62. The van der Waals surface area contributed by atoms with E-state index in [0.29, 0.717) is 0 Å². The van der Waals surface area contributed by atoms with Crippen LogP contribution in [0.4, 0.5) is 0 Å². The Labute approximate surface area is 67.2 Å². The molecule has 0 aliphatic carbocycles. The van der Waals surface area contributed by atoms with Crippen molar-refractivity contribution >= 4 is 5.97 Å². The molecule has 0 aromatic carbocycles. The minimum absolute atomic E-state index is 0.133. The van der Waals surface area contributed by atoms with Gasteiger partial charge in [-0.05, 0) is 19.3 Å². The second kappa shape index (κ2) is 7.06. The molecule has 0 rings (SSSR count). The molecule has 0 heterocycles. The molecule has 62 valence electrons. The van der Waals surface area contributed by atoms with E-state index in [1.54, 1.807) is 6.08 Å². The van der Waals surface area contributed by atoms with Crippen LogP contribution in [-0.4, -0.2) is 11.1 Å². The number of carboxylic acids is 1. The van der Waals surface area contributed by atoms with E-state index in [9.17, 15) is 4.79 Å². The van der Waals surface area contributed by atoms with E-state index < -0.39 is 5.97 Å². The van der Waals surface area contributed by atoms with Crippen LogP contribution in [0, 0.1) is 0 Å². The molecule has 0 fully saturated rings. The van der Waals surface area contributed by atoms with Gasteiger partial charge >= 0.3 is 5.97 Å². The van der Waals surface area contributed by atoms with E-state index in [4.69, 9.17) is 5.11 Å². The number of hydrogen-bond donors (Lipinski definition) is 1. The Balaban J connectivity index is 3.16. The average molecular weight is 154 g/mol. The molecule has 0 aromatic rings. The minimum atomic E-state index is -0.773. The Morgan fingerprint density at radius 2 is 2.09 bits per heavy atom. The summed E-state index contributed by atoms with van der Waals surface area (Å²) in [6, 6.07) is 0. The third-order valence-corrected chi connectivity index (χ3v) is 1.24. The fourth-order valence-corrected chi connectivity index (χ4v) is 0.682. The summed E-state index contributed by atoms with van der Waals surface area (Å²) in [5, 5.41) is 8.25. The fourth-order valence-electron chi connectivity index (χ4n) is 0.682. The van der Waals surface area contributed by atoms with Gasteiger partial charge in [-0.25, -0.2) is 0 Å². The van der Waals surface area contributed by atoms with Crippen LogP contribution in [-0.2, 0) is 4.79 Å². The van der Waals surface area contributed by atoms with Crippen molar-refractivity contribution in [2.45, 2.75) is 25.7 Å². The molecular weight excluding hydrogens is 140 g/mol. The van der Waals surface area contributed by atoms with Gasteiger partial charge in [-0.1, -0.05) is 18.2 Å². The zero-order valence-electron chi connectivity index (χ0n) is 6.62. The minimum Gasteiger partial charge on any atom is -0.481 e. The van der Waals surface area contributed by atoms with Crippen molar-refractivity contribution in [3.05, 3.63) is 24.8 Å². The zero-order chi connectivity index (χ0) is 8.53. The van der Waals surface area contributed by atoms with E-state index >= 15 is 0 Å². The molecule has 0 unspecified atom stereocenters. The molecule has 11 heavy (non-hydrogen) atoms. The highest BCUT2D eigenvalue weighted by atomic mass is 16.4. The van der Waals surface area contributed by atoms with Crippen LogP contribution < -0.4 is 0 Å². The molecule has 0 amide bonds. The van der Waals surface area contributed by atoms with E-state index in [-0.39, 0.29) is 6.42 Å². The van der Waals surface area contributed by atoms with Crippen LogP contribution in [0.5, 0.6) is 0 Å². The summed E-state index contributed by atoms with van der Waals surface area (Å²) in [7, 11) is 0. The third-order valence-electron chi connectivity index (χ3n) is 1.24. The van der Waals surface area contributed by atoms with Gasteiger partial charge < -0.3 is 5.11 Å². The monoisotopic (exact) mass is 154 g/mol. The van der Waals surface area contributed by atoms with E-state index in [1.165, 1.54) is 0 Å². The highest BCUT2D eigenvalue weighted by Gasteiger charge is 1.87. The molecule has 2 heteroatoms. The lowest BCUT2D eigenvalue weighted by molar-refractivity contribution is -0.136. The summed E-state index contributed by atoms with van der Waals surface area (Å²) >= 11 is 0. The average Bonchev–Trinajstić information content (AvgIpc) is 1.96. The molecule has 1 N–H and O–H groups in total.